The molecule has 0 atom stereocenters. The lowest BCUT2D eigenvalue weighted by molar-refractivity contribution is 0.263. The zero-order valence-corrected chi connectivity index (χ0v) is 11.4. The molecule has 0 saturated carbocycles. The summed E-state index contributed by atoms with van der Waals surface area (Å²) in [5, 5.41) is 9.05. The highest BCUT2D eigenvalue weighted by atomic mass is 15.2. The first-order valence-electron chi connectivity index (χ1n) is 5.95. The summed E-state index contributed by atoms with van der Waals surface area (Å²) in [7, 11) is 2.09. The lowest BCUT2D eigenvalue weighted by atomic mass is 10.2. The van der Waals surface area contributed by atoms with Crippen molar-refractivity contribution in [2.24, 2.45) is 0 Å². The molecule has 0 fully saturated rings. The van der Waals surface area contributed by atoms with Gasteiger partial charge in [0.2, 0.25) is 0 Å². The number of hydrogen-bond acceptors (Lipinski definition) is 3. The van der Waals surface area contributed by atoms with E-state index in [1.165, 1.54) is 0 Å². The van der Waals surface area contributed by atoms with E-state index >= 15 is 0 Å². The van der Waals surface area contributed by atoms with E-state index in [-0.39, 0.29) is 0 Å². The molecule has 0 saturated heterocycles. The van der Waals surface area contributed by atoms with Gasteiger partial charge in [-0.1, -0.05) is 0 Å². The third-order valence-electron chi connectivity index (χ3n) is 3.54. The van der Waals surface area contributed by atoms with Crippen LogP contribution in [0.15, 0.2) is 0 Å². The number of rotatable bonds is 4. The average Bonchev–Trinajstić information content (AvgIpc) is 2.48. The largest absolute Gasteiger partial charge is 0.384 e. The maximum Gasteiger partial charge on any atom is 0.122 e. The van der Waals surface area contributed by atoms with Crippen LogP contribution < -0.4 is 5.73 Å². The van der Waals surface area contributed by atoms with Gasteiger partial charge in [-0.2, -0.15) is 5.26 Å². The second-order valence-corrected chi connectivity index (χ2v) is 4.81. The van der Waals surface area contributed by atoms with E-state index in [2.05, 4.69) is 31.9 Å². The van der Waals surface area contributed by atoms with Crippen molar-refractivity contribution in [3.05, 3.63) is 16.8 Å². The molecule has 0 aliphatic heterocycles. The van der Waals surface area contributed by atoms with Crippen molar-refractivity contribution in [2.75, 3.05) is 19.3 Å². The van der Waals surface area contributed by atoms with E-state index in [4.69, 9.17) is 11.0 Å². The third-order valence-corrected chi connectivity index (χ3v) is 3.54. The predicted octanol–water partition coefficient (Wildman–Crippen LogP) is 1.90. The summed E-state index contributed by atoms with van der Waals surface area (Å²) >= 11 is 0. The lowest BCUT2D eigenvalue weighted by Crippen LogP contribution is -2.30. The van der Waals surface area contributed by atoms with Gasteiger partial charge in [-0.05, 0) is 40.3 Å². The molecule has 1 heterocycles. The van der Waals surface area contributed by atoms with Gasteiger partial charge in [0, 0.05) is 24.8 Å². The highest BCUT2D eigenvalue weighted by Gasteiger charge is 2.15. The number of nitrogen functional groups attached to an aromatic ring is 1. The molecule has 0 radical (unpaired) electrons. The van der Waals surface area contributed by atoms with Gasteiger partial charge in [0.15, 0.2) is 0 Å². The molecule has 4 heteroatoms. The van der Waals surface area contributed by atoms with Crippen LogP contribution in [0.3, 0.4) is 0 Å². The van der Waals surface area contributed by atoms with Crippen molar-refractivity contribution >= 4 is 5.82 Å². The van der Waals surface area contributed by atoms with Crippen LogP contribution in [0.2, 0.25) is 0 Å². The van der Waals surface area contributed by atoms with Crippen molar-refractivity contribution in [3.63, 3.8) is 0 Å². The van der Waals surface area contributed by atoms with E-state index in [0.29, 0.717) is 17.4 Å². The van der Waals surface area contributed by atoms with Crippen LogP contribution in [0.25, 0.3) is 0 Å². The highest BCUT2D eigenvalue weighted by molar-refractivity contribution is 5.57. The molecule has 0 amide bonds. The number of nitriles is 1. The maximum atomic E-state index is 9.05. The monoisotopic (exact) mass is 234 g/mol. The summed E-state index contributed by atoms with van der Waals surface area (Å²) in [4.78, 5) is 2.26. The van der Waals surface area contributed by atoms with Gasteiger partial charge in [-0.25, -0.2) is 0 Å². The van der Waals surface area contributed by atoms with E-state index in [9.17, 15) is 0 Å². The molecular weight excluding hydrogens is 212 g/mol. The van der Waals surface area contributed by atoms with Crippen LogP contribution >= 0.6 is 0 Å². The maximum absolute atomic E-state index is 9.05. The smallest absolute Gasteiger partial charge is 0.122 e. The molecule has 0 aromatic carbocycles. The summed E-state index contributed by atoms with van der Waals surface area (Å²) in [5.41, 5.74) is 8.71. The minimum absolute atomic E-state index is 0.517. The van der Waals surface area contributed by atoms with E-state index in [1.807, 2.05) is 18.4 Å². The second-order valence-electron chi connectivity index (χ2n) is 4.81. The van der Waals surface area contributed by atoms with E-state index in [1.54, 1.807) is 0 Å². The molecule has 1 rings (SSSR count). The van der Waals surface area contributed by atoms with Gasteiger partial charge in [0.05, 0.1) is 5.56 Å². The Morgan fingerprint density at radius 1 is 1.41 bits per heavy atom. The van der Waals surface area contributed by atoms with Crippen LogP contribution in [0.1, 0.15) is 30.7 Å². The van der Waals surface area contributed by atoms with Gasteiger partial charge in [-0.15, -0.1) is 0 Å². The van der Waals surface area contributed by atoms with Crippen LogP contribution in [-0.4, -0.2) is 29.1 Å². The van der Waals surface area contributed by atoms with Crippen molar-refractivity contribution in [2.45, 2.75) is 40.3 Å². The van der Waals surface area contributed by atoms with Crippen LogP contribution in [-0.2, 0) is 6.54 Å². The molecule has 0 unspecified atom stereocenters. The van der Waals surface area contributed by atoms with Crippen LogP contribution in [0.5, 0.6) is 0 Å². The second kappa shape index (κ2) is 5.24. The fourth-order valence-electron chi connectivity index (χ4n) is 1.84. The van der Waals surface area contributed by atoms with Crippen molar-refractivity contribution in [3.8, 4) is 6.07 Å². The number of nitrogens with two attached hydrogens (primary N) is 1. The zero-order valence-electron chi connectivity index (χ0n) is 11.4. The van der Waals surface area contributed by atoms with Crippen LogP contribution in [0, 0.1) is 25.2 Å². The Kier molecular flexibility index (Phi) is 4.19. The summed E-state index contributed by atoms with van der Waals surface area (Å²) in [5.74, 6) is 0.597. The van der Waals surface area contributed by atoms with E-state index in [0.717, 1.165) is 24.3 Å². The Hall–Kier alpha value is -1.47. The first-order valence-corrected chi connectivity index (χ1v) is 5.95. The molecule has 94 valence electrons. The Balaban J connectivity index is 2.90. The summed E-state index contributed by atoms with van der Waals surface area (Å²) < 4.78 is 2.03. The number of likely N-dealkylation sites (N-methyl/N-ethyl adjacent to an activating group) is 1. The molecule has 1 aromatic rings. The zero-order chi connectivity index (χ0) is 13.2. The molecule has 0 bridgehead atoms. The number of hydrogen-bond donors (Lipinski definition) is 1. The molecule has 0 aliphatic rings. The minimum Gasteiger partial charge on any atom is -0.384 e. The van der Waals surface area contributed by atoms with E-state index < -0.39 is 0 Å². The molecular formula is C13H22N4. The van der Waals surface area contributed by atoms with Crippen LogP contribution in [0.4, 0.5) is 5.82 Å². The molecule has 1 aromatic heterocycles. The first-order chi connectivity index (χ1) is 7.90. The fourth-order valence-corrected chi connectivity index (χ4v) is 1.84. The quantitative estimate of drug-likeness (QED) is 0.865. The number of aromatic nitrogens is 1. The normalized spacial score (nSPS) is 11.2. The Bertz CT molecular complexity index is 437. The molecule has 4 nitrogen and oxygen atoms in total. The third kappa shape index (κ3) is 2.62. The summed E-state index contributed by atoms with van der Waals surface area (Å²) in [6, 6.07) is 2.69. The Morgan fingerprint density at radius 3 is 2.41 bits per heavy atom. The average molecular weight is 234 g/mol. The van der Waals surface area contributed by atoms with Gasteiger partial charge < -0.3 is 15.2 Å². The predicted molar refractivity (Wildman–Crippen MR) is 70.8 cm³/mol. The molecule has 2 N–H and O–H groups in total. The number of nitrogens with zero attached hydrogens (tertiary/aromatic N) is 3. The Labute approximate surface area is 104 Å². The van der Waals surface area contributed by atoms with Gasteiger partial charge >= 0.3 is 0 Å². The first kappa shape index (κ1) is 13.6. The molecule has 0 aliphatic carbocycles. The SMILES string of the molecule is Cc1c(C#N)c(N)n(CCN(C)C(C)C)c1C. The Morgan fingerprint density at radius 2 is 2.00 bits per heavy atom. The van der Waals surface area contributed by atoms with Crippen molar-refractivity contribution in [1.82, 2.24) is 9.47 Å². The lowest BCUT2D eigenvalue weighted by Gasteiger charge is -2.22. The van der Waals surface area contributed by atoms with Gasteiger partial charge in [0.1, 0.15) is 11.9 Å². The molecule has 17 heavy (non-hydrogen) atoms. The minimum atomic E-state index is 0.517. The van der Waals surface area contributed by atoms with Crippen molar-refractivity contribution < 1.29 is 0 Å². The number of anilines is 1. The topological polar surface area (TPSA) is 58.0 Å². The van der Waals surface area contributed by atoms with Crippen molar-refractivity contribution in [1.29, 1.82) is 5.26 Å². The molecule has 0 spiro atoms. The van der Waals surface area contributed by atoms with Gasteiger partial charge in [-0.3, -0.25) is 0 Å². The highest BCUT2D eigenvalue weighted by Crippen LogP contribution is 2.23. The fraction of sp³-hybridized carbons (Fsp3) is 0.615. The summed E-state index contributed by atoms with van der Waals surface area (Å²) in [6.45, 7) is 10.1. The summed E-state index contributed by atoms with van der Waals surface area (Å²) in [6.07, 6.45) is 0. The van der Waals surface area contributed by atoms with Gasteiger partial charge in [0.25, 0.3) is 0 Å². The standard InChI is InChI=1S/C13H22N4/c1-9(2)16(5)6-7-17-11(4)10(3)12(8-14)13(17)15/h9H,6-7,15H2,1-5H3.